The lowest BCUT2D eigenvalue weighted by Crippen LogP contribution is -2.18. The average Bonchev–Trinajstić information content (AvgIpc) is 3.28. The molecule has 1 amide bonds. The zero-order chi connectivity index (χ0) is 21.1. The maximum Gasteiger partial charge on any atom is 0.339 e. The SMILES string of the molecule is COc1ccc2c(C)c(CCC(=O)Nc3cccnc3-n3cncn3)c(=O)oc2c1. The number of nitrogens with zero attached hydrogens (tertiary/aromatic N) is 4. The first-order valence-corrected chi connectivity index (χ1v) is 9.27. The van der Waals surface area contributed by atoms with Crippen LogP contribution in [0.1, 0.15) is 17.5 Å². The van der Waals surface area contributed by atoms with E-state index in [0.717, 1.165) is 10.9 Å². The fourth-order valence-corrected chi connectivity index (χ4v) is 3.24. The number of pyridine rings is 1. The molecule has 0 aliphatic carbocycles. The molecule has 0 fully saturated rings. The molecule has 152 valence electrons. The van der Waals surface area contributed by atoms with Gasteiger partial charge in [0.15, 0.2) is 5.82 Å². The lowest BCUT2D eigenvalue weighted by Gasteiger charge is -2.11. The standard InChI is InChI=1S/C21H19N5O4/c1-13-15-6-5-14(29-2)10-18(15)30-21(28)16(13)7-8-19(27)25-17-4-3-9-23-20(17)26-12-22-11-24-26/h3-6,9-12H,7-8H2,1-2H3,(H,25,27). The van der Waals surface area contributed by atoms with Crippen LogP contribution in [0.3, 0.4) is 0 Å². The number of ether oxygens (including phenoxy) is 1. The number of benzene rings is 1. The van der Waals surface area contributed by atoms with Gasteiger partial charge in [-0.05, 0) is 43.2 Å². The summed E-state index contributed by atoms with van der Waals surface area (Å²) in [6.07, 6.45) is 4.85. The topological polar surface area (TPSA) is 112 Å². The van der Waals surface area contributed by atoms with E-state index < -0.39 is 5.63 Å². The van der Waals surface area contributed by atoms with Crippen molar-refractivity contribution in [3.05, 3.63) is 70.7 Å². The highest BCUT2D eigenvalue weighted by Gasteiger charge is 2.15. The maximum absolute atomic E-state index is 12.5. The fraction of sp³-hybridized carbons (Fsp3) is 0.190. The summed E-state index contributed by atoms with van der Waals surface area (Å²) in [6, 6.07) is 8.77. The van der Waals surface area contributed by atoms with Crippen molar-refractivity contribution < 1.29 is 13.9 Å². The molecule has 0 atom stereocenters. The molecule has 0 unspecified atom stereocenters. The number of aryl methyl sites for hydroxylation is 1. The molecular formula is C21H19N5O4. The molecule has 9 heteroatoms. The highest BCUT2D eigenvalue weighted by atomic mass is 16.5. The monoisotopic (exact) mass is 405 g/mol. The van der Waals surface area contributed by atoms with Crippen molar-refractivity contribution in [1.82, 2.24) is 19.7 Å². The van der Waals surface area contributed by atoms with Gasteiger partial charge in [0.05, 0.1) is 12.8 Å². The van der Waals surface area contributed by atoms with Crippen LogP contribution in [0.25, 0.3) is 16.8 Å². The number of carbonyl (C=O) groups is 1. The van der Waals surface area contributed by atoms with Crippen LogP contribution in [0.5, 0.6) is 5.75 Å². The normalized spacial score (nSPS) is 10.9. The van der Waals surface area contributed by atoms with E-state index in [1.807, 2.05) is 13.0 Å². The Bertz CT molecular complexity index is 1260. The first-order chi connectivity index (χ1) is 14.6. The summed E-state index contributed by atoms with van der Waals surface area (Å²) in [4.78, 5) is 33.1. The number of amides is 1. The second kappa shape index (κ2) is 8.16. The second-order valence-corrected chi connectivity index (χ2v) is 6.62. The molecule has 0 bridgehead atoms. The molecule has 0 aliphatic rings. The summed E-state index contributed by atoms with van der Waals surface area (Å²) in [5.41, 5.74) is 1.78. The molecule has 0 saturated heterocycles. The zero-order valence-electron chi connectivity index (χ0n) is 16.5. The molecule has 3 heterocycles. The lowest BCUT2D eigenvalue weighted by atomic mass is 10.0. The van der Waals surface area contributed by atoms with E-state index in [2.05, 4.69) is 20.4 Å². The van der Waals surface area contributed by atoms with Crippen molar-refractivity contribution in [1.29, 1.82) is 0 Å². The predicted molar refractivity (Wildman–Crippen MR) is 110 cm³/mol. The molecule has 4 aromatic rings. The number of nitrogens with one attached hydrogen (secondary N) is 1. The molecule has 3 aromatic heterocycles. The molecule has 30 heavy (non-hydrogen) atoms. The summed E-state index contributed by atoms with van der Waals surface area (Å²) < 4.78 is 12.1. The fourth-order valence-electron chi connectivity index (χ4n) is 3.24. The number of carbonyl (C=O) groups excluding carboxylic acids is 1. The molecule has 0 aliphatic heterocycles. The van der Waals surface area contributed by atoms with E-state index in [1.165, 1.54) is 17.3 Å². The van der Waals surface area contributed by atoms with Crippen LogP contribution < -0.4 is 15.7 Å². The number of methoxy groups -OCH3 is 1. The largest absolute Gasteiger partial charge is 0.497 e. The van der Waals surface area contributed by atoms with Crippen LogP contribution in [-0.4, -0.2) is 32.8 Å². The molecule has 0 radical (unpaired) electrons. The molecule has 1 N–H and O–H groups in total. The molecule has 1 aromatic carbocycles. The lowest BCUT2D eigenvalue weighted by molar-refractivity contribution is -0.116. The van der Waals surface area contributed by atoms with Gasteiger partial charge in [-0.2, -0.15) is 5.10 Å². The quantitative estimate of drug-likeness (QED) is 0.491. The van der Waals surface area contributed by atoms with E-state index in [1.54, 1.807) is 37.6 Å². The Hall–Kier alpha value is -4.01. The third-order valence-corrected chi connectivity index (χ3v) is 4.79. The van der Waals surface area contributed by atoms with Crippen molar-refractivity contribution >= 4 is 22.6 Å². The van der Waals surface area contributed by atoms with Crippen LogP contribution in [0.15, 0.2) is 58.4 Å². The number of hydrogen-bond acceptors (Lipinski definition) is 7. The van der Waals surface area contributed by atoms with Crippen LogP contribution in [0.2, 0.25) is 0 Å². The van der Waals surface area contributed by atoms with Gasteiger partial charge in [-0.1, -0.05) is 0 Å². The minimum atomic E-state index is -0.453. The smallest absolute Gasteiger partial charge is 0.339 e. The number of anilines is 1. The van der Waals surface area contributed by atoms with Crippen LogP contribution in [0, 0.1) is 6.92 Å². The van der Waals surface area contributed by atoms with Crippen molar-refractivity contribution in [2.75, 3.05) is 12.4 Å². The summed E-state index contributed by atoms with van der Waals surface area (Å²) in [7, 11) is 1.55. The molecule has 0 spiro atoms. The number of rotatable bonds is 6. The average molecular weight is 405 g/mol. The van der Waals surface area contributed by atoms with Gasteiger partial charge in [0.1, 0.15) is 24.0 Å². The Morgan fingerprint density at radius 3 is 2.93 bits per heavy atom. The minimum absolute atomic E-state index is 0.110. The van der Waals surface area contributed by atoms with Gasteiger partial charge >= 0.3 is 5.63 Å². The number of hydrogen-bond donors (Lipinski definition) is 1. The molecule has 9 nitrogen and oxygen atoms in total. The van der Waals surface area contributed by atoms with Gasteiger partial charge in [0.2, 0.25) is 5.91 Å². The van der Waals surface area contributed by atoms with E-state index in [0.29, 0.717) is 28.4 Å². The summed E-state index contributed by atoms with van der Waals surface area (Å²) >= 11 is 0. The molecule has 4 rings (SSSR count). The summed E-state index contributed by atoms with van der Waals surface area (Å²) in [5, 5.41) is 7.67. The van der Waals surface area contributed by atoms with Crippen LogP contribution in [-0.2, 0) is 11.2 Å². The zero-order valence-corrected chi connectivity index (χ0v) is 16.5. The first kappa shape index (κ1) is 19.3. The predicted octanol–water partition coefficient (Wildman–Crippen LogP) is 2.66. The van der Waals surface area contributed by atoms with Crippen LogP contribution >= 0.6 is 0 Å². The molecular weight excluding hydrogens is 386 g/mol. The second-order valence-electron chi connectivity index (χ2n) is 6.62. The Kier molecular flexibility index (Phi) is 5.25. The first-order valence-electron chi connectivity index (χ1n) is 9.27. The highest BCUT2D eigenvalue weighted by molar-refractivity contribution is 5.92. The van der Waals surface area contributed by atoms with E-state index >= 15 is 0 Å². The van der Waals surface area contributed by atoms with Gasteiger partial charge in [0, 0.05) is 29.6 Å². The molecule has 0 saturated carbocycles. The Morgan fingerprint density at radius 2 is 2.17 bits per heavy atom. The van der Waals surface area contributed by atoms with Gasteiger partial charge in [-0.25, -0.2) is 19.4 Å². The Morgan fingerprint density at radius 1 is 1.30 bits per heavy atom. The van der Waals surface area contributed by atoms with Crippen molar-refractivity contribution in [3.63, 3.8) is 0 Å². The third-order valence-electron chi connectivity index (χ3n) is 4.79. The minimum Gasteiger partial charge on any atom is -0.497 e. The maximum atomic E-state index is 12.5. The third kappa shape index (κ3) is 3.77. The van der Waals surface area contributed by atoms with E-state index in [-0.39, 0.29) is 18.7 Å². The number of fused-ring (bicyclic) bond motifs is 1. The summed E-state index contributed by atoms with van der Waals surface area (Å²) in [6.45, 7) is 1.85. The van der Waals surface area contributed by atoms with Gasteiger partial charge in [-0.3, -0.25) is 4.79 Å². The van der Waals surface area contributed by atoms with Gasteiger partial charge in [0.25, 0.3) is 0 Å². The Balaban J connectivity index is 1.52. The van der Waals surface area contributed by atoms with Crippen molar-refractivity contribution in [2.24, 2.45) is 0 Å². The Labute approximate surface area is 171 Å². The highest BCUT2D eigenvalue weighted by Crippen LogP contribution is 2.24. The van der Waals surface area contributed by atoms with E-state index in [9.17, 15) is 9.59 Å². The van der Waals surface area contributed by atoms with Gasteiger partial charge in [-0.15, -0.1) is 0 Å². The van der Waals surface area contributed by atoms with Crippen molar-refractivity contribution in [3.8, 4) is 11.6 Å². The van der Waals surface area contributed by atoms with E-state index in [4.69, 9.17) is 9.15 Å². The van der Waals surface area contributed by atoms with Gasteiger partial charge < -0.3 is 14.5 Å². The number of aromatic nitrogens is 4. The summed E-state index contributed by atoms with van der Waals surface area (Å²) in [5.74, 6) is 0.813. The van der Waals surface area contributed by atoms with Crippen LogP contribution in [0.4, 0.5) is 5.69 Å². The van der Waals surface area contributed by atoms with Crippen molar-refractivity contribution in [2.45, 2.75) is 19.8 Å².